The fourth-order valence-corrected chi connectivity index (χ4v) is 1.31. The van der Waals surface area contributed by atoms with Crippen molar-refractivity contribution >= 4 is 18.4 Å². The van der Waals surface area contributed by atoms with E-state index in [1.54, 1.807) is 18.3 Å². The van der Waals surface area contributed by atoms with Crippen LogP contribution in [0.5, 0.6) is 0 Å². The molecule has 0 spiro atoms. The molecule has 0 atom stereocenters. The summed E-state index contributed by atoms with van der Waals surface area (Å²) in [4.78, 5) is 6.25. The van der Waals surface area contributed by atoms with E-state index in [1.807, 2.05) is 0 Å². The molecule has 2 heterocycles. The fraction of sp³-hybridized carbons (Fsp3) is 0.375. The predicted octanol–water partition coefficient (Wildman–Crippen LogP) is -1.03. The van der Waals surface area contributed by atoms with Gasteiger partial charge in [-0.15, -0.1) is 0 Å². The van der Waals surface area contributed by atoms with E-state index in [9.17, 15) is 0 Å². The van der Waals surface area contributed by atoms with E-state index in [4.69, 9.17) is 10.0 Å². The standard InChI is InChI=1S/C8H11BN2O2/c12-9(13)7-2-3-10-8(6-7)11-4-1-5-11/h2-3,6,12-13H,1,4-5H2. The van der Waals surface area contributed by atoms with Gasteiger partial charge in [-0.1, -0.05) is 0 Å². The molecule has 13 heavy (non-hydrogen) atoms. The number of anilines is 1. The Bertz CT molecular complexity index is 302. The monoisotopic (exact) mass is 178 g/mol. The summed E-state index contributed by atoms with van der Waals surface area (Å²) in [5.74, 6) is 0.830. The predicted molar refractivity (Wildman–Crippen MR) is 50.9 cm³/mol. The van der Waals surface area contributed by atoms with E-state index in [-0.39, 0.29) is 0 Å². The van der Waals surface area contributed by atoms with E-state index < -0.39 is 7.12 Å². The Morgan fingerprint density at radius 3 is 2.69 bits per heavy atom. The Hall–Kier alpha value is -1.07. The molecule has 5 heteroatoms. The lowest BCUT2D eigenvalue weighted by atomic mass is 9.81. The minimum atomic E-state index is -1.40. The van der Waals surface area contributed by atoms with Crippen molar-refractivity contribution in [2.24, 2.45) is 0 Å². The van der Waals surface area contributed by atoms with E-state index >= 15 is 0 Å². The van der Waals surface area contributed by atoms with Crippen LogP contribution in [0.2, 0.25) is 0 Å². The molecule has 4 nitrogen and oxygen atoms in total. The summed E-state index contributed by atoms with van der Waals surface area (Å²) in [5, 5.41) is 17.9. The average Bonchev–Trinajstić information content (AvgIpc) is 2.01. The van der Waals surface area contributed by atoms with Crippen LogP contribution in [0.25, 0.3) is 0 Å². The van der Waals surface area contributed by atoms with Gasteiger partial charge in [-0.2, -0.15) is 0 Å². The van der Waals surface area contributed by atoms with Crippen molar-refractivity contribution in [2.75, 3.05) is 18.0 Å². The van der Waals surface area contributed by atoms with Gasteiger partial charge in [0.2, 0.25) is 0 Å². The number of rotatable bonds is 2. The summed E-state index contributed by atoms with van der Waals surface area (Å²) < 4.78 is 0. The molecule has 1 aliphatic heterocycles. The van der Waals surface area contributed by atoms with Crippen molar-refractivity contribution in [3.63, 3.8) is 0 Å². The largest absolute Gasteiger partial charge is 0.488 e. The first-order chi connectivity index (χ1) is 6.27. The van der Waals surface area contributed by atoms with Gasteiger partial charge in [-0.25, -0.2) is 4.98 Å². The van der Waals surface area contributed by atoms with Crippen molar-refractivity contribution < 1.29 is 10.0 Å². The summed E-state index contributed by atoms with van der Waals surface area (Å²) in [6.45, 7) is 2.02. The summed E-state index contributed by atoms with van der Waals surface area (Å²) in [7, 11) is -1.40. The van der Waals surface area contributed by atoms with Crippen molar-refractivity contribution in [1.82, 2.24) is 4.98 Å². The quantitative estimate of drug-likeness (QED) is 0.568. The summed E-state index contributed by atoms with van der Waals surface area (Å²) in [5.41, 5.74) is 0.497. The van der Waals surface area contributed by atoms with Gasteiger partial charge in [0.25, 0.3) is 0 Å². The normalized spacial score (nSPS) is 15.4. The zero-order chi connectivity index (χ0) is 9.26. The van der Waals surface area contributed by atoms with Crippen LogP contribution in [-0.4, -0.2) is 35.2 Å². The molecule has 2 rings (SSSR count). The maximum atomic E-state index is 8.93. The van der Waals surface area contributed by atoms with Crippen molar-refractivity contribution in [3.8, 4) is 0 Å². The summed E-state index contributed by atoms with van der Waals surface area (Å²) in [6.07, 6.45) is 2.79. The van der Waals surface area contributed by atoms with Crippen LogP contribution < -0.4 is 10.4 Å². The molecule has 0 saturated carbocycles. The number of nitrogens with zero attached hydrogens (tertiary/aromatic N) is 2. The highest BCUT2D eigenvalue weighted by molar-refractivity contribution is 6.58. The third kappa shape index (κ3) is 1.66. The number of hydrogen-bond donors (Lipinski definition) is 2. The van der Waals surface area contributed by atoms with E-state index in [0.29, 0.717) is 5.46 Å². The van der Waals surface area contributed by atoms with E-state index in [2.05, 4.69) is 9.88 Å². The van der Waals surface area contributed by atoms with Crippen LogP contribution in [0, 0.1) is 0 Å². The Morgan fingerprint density at radius 2 is 2.15 bits per heavy atom. The number of pyridine rings is 1. The lowest BCUT2D eigenvalue weighted by molar-refractivity contribution is 0.425. The zero-order valence-electron chi connectivity index (χ0n) is 7.22. The Kier molecular flexibility index (Phi) is 2.20. The number of aromatic nitrogens is 1. The van der Waals surface area contributed by atoms with Gasteiger partial charge >= 0.3 is 7.12 Å². The molecule has 1 aliphatic rings. The Balaban J connectivity index is 2.21. The van der Waals surface area contributed by atoms with Crippen molar-refractivity contribution in [2.45, 2.75) is 6.42 Å². The first-order valence-corrected chi connectivity index (χ1v) is 4.34. The molecule has 0 bridgehead atoms. The molecule has 2 N–H and O–H groups in total. The third-order valence-corrected chi connectivity index (χ3v) is 2.25. The third-order valence-electron chi connectivity index (χ3n) is 2.25. The maximum absolute atomic E-state index is 8.93. The van der Waals surface area contributed by atoms with Crippen LogP contribution in [0.15, 0.2) is 18.3 Å². The second-order valence-electron chi connectivity index (χ2n) is 3.16. The molecule has 1 fully saturated rings. The molecule has 0 aromatic carbocycles. The van der Waals surface area contributed by atoms with E-state index in [1.165, 1.54) is 6.42 Å². The molecular formula is C8H11BN2O2. The summed E-state index contributed by atoms with van der Waals surface area (Å²) in [6, 6.07) is 3.32. The summed E-state index contributed by atoms with van der Waals surface area (Å²) >= 11 is 0. The van der Waals surface area contributed by atoms with Gasteiger partial charge in [-0.05, 0) is 24.0 Å². The second kappa shape index (κ2) is 3.36. The second-order valence-corrected chi connectivity index (χ2v) is 3.16. The first-order valence-electron chi connectivity index (χ1n) is 4.34. The fourth-order valence-electron chi connectivity index (χ4n) is 1.31. The highest BCUT2D eigenvalue weighted by Crippen LogP contribution is 2.15. The molecule has 1 aromatic heterocycles. The molecule has 68 valence electrons. The topological polar surface area (TPSA) is 56.6 Å². The van der Waals surface area contributed by atoms with Crippen LogP contribution in [0.4, 0.5) is 5.82 Å². The highest BCUT2D eigenvalue weighted by Gasteiger charge is 2.18. The lowest BCUT2D eigenvalue weighted by Gasteiger charge is -2.32. The van der Waals surface area contributed by atoms with Crippen LogP contribution >= 0.6 is 0 Å². The molecule has 1 saturated heterocycles. The maximum Gasteiger partial charge on any atom is 0.488 e. The van der Waals surface area contributed by atoms with Gasteiger partial charge in [-0.3, -0.25) is 0 Å². The first kappa shape index (κ1) is 8.53. The van der Waals surface area contributed by atoms with Crippen molar-refractivity contribution in [3.05, 3.63) is 18.3 Å². The smallest absolute Gasteiger partial charge is 0.423 e. The molecular weight excluding hydrogens is 167 g/mol. The number of hydrogen-bond acceptors (Lipinski definition) is 4. The van der Waals surface area contributed by atoms with Crippen LogP contribution in [-0.2, 0) is 0 Å². The van der Waals surface area contributed by atoms with Crippen LogP contribution in [0.3, 0.4) is 0 Å². The van der Waals surface area contributed by atoms with Gasteiger partial charge in [0, 0.05) is 19.3 Å². The molecule has 0 aliphatic carbocycles. The lowest BCUT2D eigenvalue weighted by Crippen LogP contribution is -2.39. The highest BCUT2D eigenvalue weighted by atomic mass is 16.4. The van der Waals surface area contributed by atoms with Gasteiger partial charge < -0.3 is 14.9 Å². The molecule has 1 aromatic rings. The SMILES string of the molecule is OB(O)c1ccnc(N2CCC2)c1. The minimum absolute atomic E-state index is 0.497. The molecule has 0 radical (unpaired) electrons. The van der Waals surface area contributed by atoms with Crippen LogP contribution in [0.1, 0.15) is 6.42 Å². The van der Waals surface area contributed by atoms with Gasteiger partial charge in [0.1, 0.15) is 5.82 Å². The Morgan fingerprint density at radius 1 is 1.38 bits per heavy atom. The van der Waals surface area contributed by atoms with E-state index in [0.717, 1.165) is 18.9 Å². The zero-order valence-corrected chi connectivity index (χ0v) is 7.22. The van der Waals surface area contributed by atoms with Crippen molar-refractivity contribution in [1.29, 1.82) is 0 Å². The van der Waals surface area contributed by atoms with Gasteiger partial charge in [0.15, 0.2) is 0 Å². The Labute approximate surface area is 77.0 Å². The molecule has 0 unspecified atom stereocenters. The molecule has 0 amide bonds. The average molecular weight is 178 g/mol. The van der Waals surface area contributed by atoms with Gasteiger partial charge in [0.05, 0.1) is 0 Å². The minimum Gasteiger partial charge on any atom is -0.423 e.